The first-order chi connectivity index (χ1) is 8.17. The normalized spacial score (nSPS) is 12.6. The Morgan fingerprint density at radius 1 is 1.28 bits per heavy atom. The van der Waals surface area contributed by atoms with Gasteiger partial charge in [-0.05, 0) is 42.9 Å². The van der Waals surface area contributed by atoms with E-state index in [1.165, 1.54) is 0 Å². The van der Waals surface area contributed by atoms with Crippen LogP contribution in [0.1, 0.15) is 26.3 Å². The number of halogens is 1. The van der Waals surface area contributed by atoms with Crippen molar-refractivity contribution in [3.63, 3.8) is 0 Å². The van der Waals surface area contributed by atoms with Gasteiger partial charge in [0.15, 0.2) is 0 Å². The Labute approximate surface area is 117 Å². The summed E-state index contributed by atoms with van der Waals surface area (Å²) in [4.78, 5) is 0. The molecule has 2 nitrogen and oxygen atoms in total. The lowest BCUT2D eigenvalue weighted by Crippen LogP contribution is -2.43. The molecule has 0 fully saturated rings. The van der Waals surface area contributed by atoms with Gasteiger partial charge in [0.05, 0.1) is 0 Å². The highest BCUT2D eigenvalue weighted by molar-refractivity contribution is 6.74. The Bertz CT molecular complexity index is 413. The van der Waals surface area contributed by atoms with Gasteiger partial charge in [-0.1, -0.05) is 38.4 Å². The third kappa shape index (κ3) is 3.74. The average molecular weight is 286 g/mol. The Morgan fingerprint density at radius 2 is 1.89 bits per heavy atom. The highest BCUT2D eigenvalue weighted by atomic mass is 35.5. The van der Waals surface area contributed by atoms with Crippen molar-refractivity contribution in [2.75, 3.05) is 7.05 Å². The molecule has 0 bridgehead atoms. The molecule has 1 aromatic rings. The highest BCUT2D eigenvalue weighted by Gasteiger charge is 2.38. The summed E-state index contributed by atoms with van der Waals surface area (Å²) in [5, 5.41) is 4.06. The fourth-order valence-electron chi connectivity index (χ4n) is 1.37. The predicted molar refractivity (Wildman–Crippen MR) is 82.0 cm³/mol. The van der Waals surface area contributed by atoms with Crippen LogP contribution in [0.25, 0.3) is 0 Å². The lowest BCUT2D eigenvalue weighted by Gasteiger charge is -2.36. The van der Waals surface area contributed by atoms with E-state index in [1.807, 2.05) is 25.2 Å². The predicted octanol–water partition coefficient (Wildman–Crippen LogP) is 4.44. The second-order valence-corrected chi connectivity index (χ2v) is 11.3. The first kappa shape index (κ1) is 15.5. The summed E-state index contributed by atoms with van der Waals surface area (Å²) >= 11 is 6.25. The average Bonchev–Trinajstić information content (AvgIpc) is 2.20. The van der Waals surface area contributed by atoms with Gasteiger partial charge in [-0.3, -0.25) is 0 Å². The molecule has 1 aromatic carbocycles. The molecule has 0 amide bonds. The zero-order valence-electron chi connectivity index (χ0n) is 12.2. The number of rotatable bonds is 4. The van der Waals surface area contributed by atoms with Gasteiger partial charge in [0.2, 0.25) is 8.32 Å². The van der Waals surface area contributed by atoms with E-state index >= 15 is 0 Å². The second-order valence-electron chi connectivity index (χ2n) is 6.15. The number of hydrogen-bond donors (Lipinski definition) is 1. The smallest absolute Gasteiger partial charge is 0.250 e. The fourth-order valence-corrected chi connectivity index (χ4v) is 2.63. The Hall–Kier alpha value is -0.513. The van der Waals surface area contributed by atoms with E-state index < -0.39 is 8.32 Å². The van der Waals surface area contributed by atoms with Crippen molar-refractivity contribution in [3.05, 3.63) is 28.8 Å². The molecule has 0 radical (unpaired) electrons. The first-order valence-electron chi connectivity index (χ1n) is 6.29. The molecule has 4 heteroatoms. The van der Waals surface area contributed by atoms with Crippen LogP contribution >= 0.6 is 11.6 Å². The van der Waals surface area contributed by atoms with Crippen molar-refractivity contribution in [1.29, 1.82) is 0 Å². The van der Waals surface area contributed by atoms with Crippen LogP contribution in [-0.4, -0.2) is 15.4 Å². The lowest BCUT2D eigenvalue weighted by atomic mass is 10.2. The van der Waals surface area contributed by atoms with Gasteiger partial charge in [-0.2, -0.15) is 0 Å². The minimum absolute atomic E-state index is 0.198. The summed E-state index contributed by atoms with van der Waals surface area (Å²) in [5.74, 6) is 0.881. The summed E-state index contributed by atoms with van der Waals surface area (Å²) in [6.07, 6.45) is 0. The molecular formula is C14H24ClNOSi. The molecule has 0 saturated heterocycles. The van der Waals surface area contributed by atoms with Gasteiger partial charge in [0.25, 0.3) is 0 Å². The molecule has 0 unspecified atom stereocenters. The standard InChI is InChI=1S/C14H24ClNOSi/c1-14(2,3)18(5,6)17-12-8-7-11(10-16-4)13(15)9-12/h7-9,16H,10H2,1-6H3. The number of benzene rings is 1. The summed E-state index contributed by atoms with van der Waals surface area (Å²) in [6.45, 7) is 12.0. The van der Waals surface area contributed by atoms with Crippen LogP contribution in [0.5, 0.6) is 5.75 Å². The van der Waals surface area contributed by atoms with Crippen molar-refractivity contribution >= 4 is 19.9 Å². The minimum Gasteiger partial charge on any atom is -0.543 e. The van der Waals surface area contributed by atoms with E-state index in [2.05, 4.69) is 39.2 Å². The summed E-state index contributed by atoms with van der Waals surface area (Å²) in [6, 6.07) is 5.97. The van der Waals surface area contributed by atoms with Crippen molar-refractivity contribution < 1.29 is 4.43 Å². The van der Waals surface area contributed by atoms with Crippen LogP contribution in [0.2, 0.25) is 23.2 Å². The van der Waals surface area contributed by atoms with Crippen molar-refractivity contribution in [3.8, 4) is 5.75 Å². The van der Waals surface area contributed by atoms with Crippen molar-refractivity contribution in [1.82, 2.24) is 5.32 Å². The molecule has 0 heterocycles. The summed E-state index contributed by atoms with van der Waals surface area (Å²) in [5.41, 5.74) is 1.10. The molecule has 0 atom stereocenters. The van der Waals surface area contributed by atoms with Crippen LogP contribution in [0.4, 0.5) is 0 Å². The Morgan fingerprint density at radius 3 is 2.33 bits per heavy atom. The van der Waals surface area contributed by atoms with Crippen LogP contribution in [0.15, 0.2) is 18.2 Å². The molecule has 18 heavy (non-hydrogen) atoms. The quantitative estimate of drug-likeness (QED) is 0.826. The van der Waals surface area contributed by atoms with Crippen molar-refractivity contribution in [2.24, 2.45) is 0 Å². The van der Waals surface area contributed by atoms with Gasteiger partial charge < -0.3 is 9.74 Å². The molecule has 0 saturated carbocycles. The molecule has 0 spiro atoms. The zero-order chi connectivity index (χ0) is 14.0. The Balaban J connectivity index is 2.90. The van der Waals surface area contributed by atoms with Crippen LogP contribution < -0.4 is 9.74 Å². The van der Waals surface area contributed by atoms with Crippen LogP contribution in [-0.2, 0) is 6.54 Å². The third-order valence-electron chi connectivity index (χ3n) is 3.57. The van der Waals surface area contributed by atoms with E-state index in [9.17, 15) is 0 Å². The van der Waals surface area contributed by atoms with E-state index in [-0.39, 0.29) is 5.04 Å². The Kier molecular flexibility index (Phi) is 4.87. The highest BCUT2D eigenvalue weighted by Crippen LogP contribution is 2.38. The topological polar surface area (TPSA) is 21.3 Å². The molecule has 0 aliphatic heterocycles. The van der Waals surface area contributed by atoms with E-state index in [1.54, 1.807) is 0 Å². The van der Waals surface area contributed by atoms with E-state index in [0.29, 0.717) is 0 Å². The van der Waals surface area contributed by atoms with Gasteiger partial charge in [0.1, 0.15) is 5.75 Å². The van der Waals surface area contributed by atoms with Crippen LogP contribution in [0.3, 0.4) is 0 Å². The third-order valence-corrected chi connectivity index (χ3v) is 8.28. The van der Waals surface area contributed by atoms with E-state index in [0.717, 1.165) is 22.9 Å². The number of hydrogen-bond acceptors (Lipinski definition) is 2. The number of nitrogens with one attached hydrogen (secondary N) is 1. The molecule has 0 aromatic heterocycles. The monoisotopic (exact) mass is 285 g/mol. The van der Waals surface area contributed by atoms with Crippen molar-refractivity contribution in [2.45, 2.75) is 45.4 Å². The zero-order valence-corrected chi connectivity index (χ0v) is 14.0. The SMILES string of the molecule is CNCc1ccc(O[Si](C)(C)C(C)(C)C)cc1Cl. The maximum absolute atomic E-state index is 6.25. The molecule has 0 aliphatic rings. The molecule has 0 aliphatic carbocycles. The molecule has 102 valence electrons. The molecular weight excluding hydrogens is 262 g/mol. The van der Waals surface area contributed by atoms with Gasteiger partial charge in [0, 0.05) is 11.6 Å². The fraction of sp³-hybridized carbons (Fsp3) is 0.571. The van der Waals surface area contributed by atoms with Crippen LogP contribution in [0, 0.1) is 0 Å². The summed E-state index contributed by atoms with van der Waals surface area (Å²) < 4.78 is 6.21. The summed E-state index contributed by atoms with van der Waals surface area (Å²) in [7, 11) is 0.134. The minimum atomic E-state index is -1.78. The first-order valence-corrected chi connectivity index (χ1v) is 9.58. The van der Waals surface area contributed by atoms with Gasteiger partial charge >= 0.3 is 0 Å². The van der Waals surface area contributed by atoms with Gasteiger partial charge in [-0.25, -0.2) is 0 Å². The maximum atomic E-state index is 6.25. The largest absolute Gasteiger partial charge is 0.543 e. The maximum Gasteiger partial charge on any atom is 0.250 e. The lowest BCUT2D eigenvalue weighted by molar-refractivity contribution is 0.492. The molecule has 1 rings (SSSR count). The second kappa shape index (κ2) is 5.64. The molecule has 1 N–H and O–H groups in total. The van der Waals surface area contributed by atoms with Gasteiger partial charge in [-0.15, -0.1) is 0 Å². The van der Waals surface area contributed by atoms with E-state index in [4.69, 9.17) is 16.0 Å².